The van der Waals surface area contributed by atoms with E-state index in [4.69, 9.17) is 5.73 Å². The van der Waals surface area contributed by atoms with Crippen molar-refractivity contribution in [3.05, 3.63) is 35.7 Å². The van der Waals surface area contributed by atoms with Crippen LogP contribution in [0.1, 0.15) is 25.1 Å². The van der Waals surface area contributed by atoms with Crippen LogP contribution >= 0.6 is 0 Å². The van der Waals surface area contributed by atoms with Crippen LogP contribution in [0.5, 0.6) is 0 Å². The molecule has 0 aromatic carbocycles. The van der Waals surface area contributed by atoms with Gasteiger partial charge in [-0.2, -0.15) is 13.2 Å². The molecule has 2 N–H and O–H groups in total. The van der Waals surface area contributed by atoms with Gasteiger partial charge in [-0.25, -0.2) is 0 Å². The van der Waals surface area contributed by atoms with Gasteiger partial charge in [0.15, 0.2) is 0 Å². The number of halogens is 3. The summed E-state index contributed by atoms with van der Waals surface area (Å²) in [4.78, 5) is 6.08. The van der Waals surface area contributed by atoms with E-state index in [1.165, 1.54) is 6.08 Å². The summed E-state index contributed by atoms with van der Waals surface area (Å²) in [5.74, 6) is 0. The molecular weight excluding hydrogens is 255 g/mol. The molecule has 2 rings (SSSR count). The van der Waals surface area contributed by atoms with Gasteiger partial charge < -0.3 is 10.6 Å². The minimum Gasteiger partial charge on any atom is -0.366 e. The second kappa shape index (κ2) is 5.21. The van der Waals surface area contributed by atoms with Gasteiger partial charge in [-0.15, -0.1) is 0 Å². The molecule has 1 unspecified atom stereocenters. The highest BCUT2D eigenvalue weighted by atomic mass is 19.4. The molecule has 0 spiro atoms. The zero-order valence-electron chi connectivity index (χ0n) is 10.6. The number of hydrogen-bond acceptors (Lipinski definition) is 3. The highest BCUT2D eigenvalue weighted by Gasteiger charge is 2.34. The zero-order chi connectivity index (χ0) is 14.0. The van der Waals surface area contributed by atoms with Crippen molar-refractivity contribution in [2.45, 2.75) is 25.6 Å². The maximum atomic E-state index is 12.5. The number of aromatic nitrogens is 1. The summed E-state index contributed by atoms with van der Waals surface area (Å²) in [6.45, 7) is 2.44. The summed E-state index contributed by atoms with van der Waals surface area (Å²) in [5.41, 5.74) is 6.85. The van der Waals surface area contributed by atoms with Crippen molar-refractivity contribution in [3.63, 3.8) is 0 Å². The minimum absolute atomic E-state index is 0.0124. The van der Waals surface area contributed by atoms with Crippen LogP contribution in [-0.2, 0) is 0 Å². The molecule has 0 radical (unpaired) electrons. The lowest BCUT2D eigenvalue weighted by Gasteiger charge is -2.29. The molecule has 19 heavy (non-hydrogen) atoms. The van der Waals surface area contributed by atoms with Crippen LogP contribution in [0.15, 0.2) is 30.0 Å². The maximum Gasteiger partial charge on any atom is 0.412 e. The third kappa shape index (κ3) is 3.26. The Hall–Kier alpha value is -1.56. The molecule has 3 nitrogen and oxygen atoms in total. The summed E-state index contributed by atoms with van der Waals surface area (Å²) in [6, 6.07) is 3.51. The number of anilines is 1. The molecule has 1 aromatic rings. The number of pyridine rings is 1. The monoisotopic (exact) mass is 271 g/mol. The van der Waals surface area contributed by atoms with Crippen molar-refractivity contribution >= 4 is 5.69 Å². The summed E-state index contributed by atoms with van der Waals surface area (Å²) < 4.78 is 37.5. The molecule has 1 aliphatic rings. The predicted molar refractivity (Wildman–Crippen MR) is 67.8 cm³/mol. The molecule has 0 saturated heterocycles. The van der Waals surface area contributed by atoms with Crippen LogP contribution in [0, 0.1) is 0 Å². The van der Waals surface area contributed by atoms with E-state index < -0.39 is 11.7 Å². The summed E-state index contributed by atoms with van der Waals surface area (Å²) in [5, 5.41) is 0. The second-order valence-electron chi connectivity index (χ2n) is 4.65. The van der Waals surface area contributed by atoms with Crippen molar-refractivity contribution in [2.75, 3.05) is 18.0 Å². The largest absolute Gasteiger partial charge is 0.412 e. The molecule has 1 aromatic heterocycles. The van der Waals surface area contributed by atoms with Crippen LogP contribution in [0.25, 0.3) is 0 Å². The van der Waals surface area contributed by atoms with Crippen LogP contribution in [-0.4, -0.2) is 24.2 Å². The summed E-state index contributed by atoms with van der Waals surface area (Å²) in [6.07, 6.45) is -1.30. The molecule has 1 aliphatic heterocycles. The van der Waals surface area contributed by atoms with E-state index in [-0.39, 0.29) is 19.0 Å². The Morgan fingerprint density at radius 2 is 2.11 bits per heavy atom. The molecule has 0 bridgehead atoms. The lowest BCUT2D eigenvalue weighted by Crippen LogP contribution is -2.31. The van der Waals surface area contributed by atoms with E-state index in [2.05, 4.69) is 4.98 Å². The Kier molecular flexibility index (Phi) is 3.80. The standard InChI is InChI=1S/C13H16F3N3/c1-9(17)12-3-2-11(8-18-12)19-6-4-10(5-7-19)13(14,15)16/h2-4,8-9H,5-7,17H2,1H3. The van der Waals surface area contributed by atoms with Crippen molar-refractivity contribution in [1.82, 2.24) is 4.98 Å². The first-order chi connectivity index (χ1) is 8.88. The van der Waals surface area contributed by atoms with E-state index in [9.17, 15) is 13.2 Å². The van der Waals surface area contributed by atoms with Gasteiger partial charge in [-0.05, 0) is 25.5 Å². The molecule has 1 atom stereocenters. The van der Waals surface area contributed by atoms with Gasteiger partial charge in [0.25, 0.3) is 0 Å². The normalized spacial score (nSPS) is 18.2. The number of hydrogen-bond donors (Lipinski definition) is 1. The topological polar surface area (TPSA) is 42.1 Å². The fraction of sp³-hybridized carbons (Fsp3) is 0.462. The first kappa shape index (κ1) is 13.9. The van der Waals surface area contributed by atoms with Gasteiger partial charge in [-0.1, -0.05) is 6.08 Å². The zero-order valence-corrected chi connectivity index (χ0v) is 10.6. The van der Waals surface area contributed by atoms with Gasteiger partial charge in [0.05, 0.1) is 17.6 Å². The van der Waals surface area contributed by atoms with Gasteiger partial charge in [0.1, 0.15) is 0 Å². The summed E-state index contributed by atoms with van der Waals surface area (Å²) >= 11 is 0. The fourth-order valence-corrected chi connectivity index (χ4v) is 2.02. The quantitative estimate of drug-likeness (QED) is 0.841. The van der Waals surface area contributed by atoms with E-state index in [0.29, 0.717) is 6.54 Å². The van der Waals surface area contributed by atoms with Gasteiger partial charge in [0, 0.05) is 24.7 Å². The van der Waals surface area contributed by atoms with Crippen molar-refractivity contribution in [1.29, 1.82) is 0 Å². The first-order valence-corrected chi connectivity index (χ1v) is 6.10. The van der Waals surface area contributed by atoms with E-state index in [1.807, 2.05) is 24.0 Å². The first-order valence-electron chi connectivity index (χ1n) is 6.10. The van der Waals surface area contributed by atoms with Crippen LogP contribution in [0.4, 0.5) is 18.9 Å². The molecule has 0 saturated carbocycles. The van der Waals surface area contributed by atoms with E-state index in [0.717, 1.165) is 11.4 Å². The number of rotatable bonds is 2. The van der Waals surface area contributed by atoms with Gasteiger partial charge in [-0.3, -0.25) is 4.98 Å². The Balaban J connectivity index is 2.07. The van der Waals surface area contributed by atoms with Crippen LogP contribution in [0.3, 0.4) is 0 Å². The maximum absolute atomic E-state index is 12.5. The second-order valence-corrected chi connectivity index (χ2v) is 4.65. The smallest absolute Gasteiger partial charge is 0.366 e. The Bertz CT molecular complexity index is 463. The molecule has 0 aliphatic carbocycles. The lowest BCUT2D eigenvalue weighted by atomic mass is 10.1. The van der Waals surface area contributed by atoms with Gasteiger partial charge >= 0.3 is 6.18 Å². The third-order valence-corrected chi connectivity index (χ3v) is 3.18. The highest BCUT2D eigenvalue weighted by Crippen LogP contribution is 2.31. The van der Waals surface area contributed by atoms with E-state index >= 15 is 0 Å². The molecule has 6 heteroatoms. The van der Waals surface area contributed by atoms with Crippen LogP contribution in [0.2, 0.25) is 0 Å². The number of alkyl halides is 3. The van der Waals surface area contributed by atoms with Crippen LogP contribution < -0.4 is 10.6 Å². The molecule has 104 valence electrons. The molecule has 0 amide bonds. The minimum atomic E-state index is -4.21. The Labute approximate surface area is 109 Å². The molecule has 0 fully saturated rings. The van der Waals surface area contributed by atoms with Crippen molar-refractivity contribution < 1.29 is 13.2 Å². The predicted octanol–water partition coefficient (Wildman–Crippen LogP) is 2.80. The van der Waals surface area contributed by atoms with Crippen molar-refractivity contribution in [2.24, 2.45) is 5.73 Å². The molecule has 2 heterocycles. The number of nitrogens with zero attached hydrogens (tertiary/aromatic N) is 2. The Morgan fingerprint density at radius 3 is 2.53 bits per heavy atom. The van der Waals surface area contributed by atoms with Crippen molar-refractivity contribution in [3.8, 4) is 0 Å². The molecular formula is C13H16F3N3. The van der Waals surface area contributed by atoms with Gasteiger partial charge in [0.2, 0.25) is 0 Å². The number of nitrogens with two attached hydrogens (primary N) is 1. The Morgan fingerprint density at radius 1 is 1.37 bits per heavy atom. The average Bonchev–Trinajstić information content (AvgIpc) is 2.38. The summed E-state index contributed by atoms with van der Waals surface area (Å²) in [7, 11) is 0. The SMILES string of the molecule is CC(N)c1ccc(N2CC=C(C(F)(F)F)CC2)cn1. The van der Waals surface area contributed by atoms with E-state index in [1.54, 1.807) is 6.20 Å². The average molecular weight is 271 g/mol. The lowest BCUT2D eigenvalue weighted by molar-refractivity contribution is -0.0943. The third-order valence-electron chi connectivity index (χ3n) is 3.18. The fourth-order valence-electron chi connectivity index (χ4n) is 2.02. The highest BCUT2D eigenvalue weighted by molar-refractivity contribution is 5.47.